The van der Waals surface area contributed by atoms with Gasteiger partial charge in [0.1, 0.15) is 0 Å². The summed E-state index contributed by atoms with van der Waals surface area (Å²) >= 11 is 0. The number of carbonyl (C=O) groups excluding carboxylic acids is 2. The lowest BCUT2D eigenvalue weighted by Gasteiger charge is -2.08. The maximum atomic E-state index is 11.1. The molecule has 0 aromatic rings. The fourth-order valence-corrected chi connectivity index (χ4v) is 1.23. The van der Waals surface area contributed by atoms with Crippen LogP contribution >= 0.6 is 0 Å². The van der Waals surface area contributed by atoms with Crippen molar-refractivity contribution >= 4 is 11.6 Å². The molecule has 0 aromatic carbocycles. The summed E-state index contributed by atoms with van der Waals surface area (Å²) in [6.07, 6.45) is 4.03. The van der Waals surface area contributed by atoms with E-state index >= 15 is 0 Å². The molecule has 2 nitrogen and oxygen atoms in total. The van der Waals surface area contributed by atoms with E-state index in [0.29, 0.717) is 12.8 Å². The van der Waals surface area contributed by atoms with Gasteiger partial charge in [0.2, 0.25) is 0 Å². The number of carbonyl (C=O) groups is 2. The SMILES string of the molecule is CCCC1=CC(=O)CCC1=O. The van der Waals surface area contributed by atoms with Gasteiger partial charge in [-0.15, -0.1) is 0 Å². The van der Waals surface area contributed by atoms with Gasteiger partial charge in [-0.25, -0.2) is 0 Å². The van der Waals surface area contributed by atoms with E-state index in [0.717, 1.165) is 18.4 Å². The lowest BCUT2D eigenvalue weighted by Crippen LogP contribution is -2.12. The van der Waals surface area contributed by atoms with E-state index in [1.54, 1.807) is 0 Å². The fourth-order valence-electron chi connectivity index (χ4n) is 1.23. The molecule has 1 aliphatic carbocycles. The van der Waals surface area contributed by atoms with Crippen molar-refractivity contribution in [2.45, 2.75) is 32.6 Å². The fraction of sp³-hybridized carbons (Fsp3) is 0.556. The molecular weight excluding hydrogens is 140 g/mol. The molecule has 2 heteroatoms. The number of hydrogen-bond donors (Lipinski definition) is 0. The summed E-state index contributed by atoms with van der Waals surface area (Å²) in [5.74, 6) is 0.263. The Morgan fingerprint density at radius 1 is 1.36 bits per heavy atom. The monoisotopic (exact) mass is 152 g/mol. The van der Waals surface area contributed by atoms with Crippen LogP contribution in [0.4, 0.5) is 0 Å². The first-order chi connectivity index (χ1) is 5.24. The van der Waals surface area contributed by atoms with Gasteiger partial charge < -0.3 is 0 Å². The quantitative estimate of drug-likeness (QED) is 0.602. The molecule has 11 heavy (non-hydrogen) atoms. The van der Waals surface area contributed by atoms with Crippen LogP contribution in [0, 0.1) is 0 Å². The molecule has 0 bridgehead atoms. The lowest BCUT2D eigenvalue weighted by atomic mass is 9.94. The van der Waals surface area contributed by atoms with Crippen molar-refractivity contribution in [3.05, 3.63) is 11.6 Å². The zero-order chi connectivity index (χ0) is 8.27. The highest BCUT2D eigenvalue weighted by molar-refractivity contribution is 6.08. The summed E-state index contributed by atoms with van der Waals surface area (Å²) in [5, 5.41) is 0. The van der Waals surface area contributed by atoms with Crippen LogP contribution in [-0.4, -0.2) is 11.6 Å². The Labute approximate surface area is 66.3 Å². The van der Waals surface area contributed by atoms with Crippen LogP contribution in [0.3, 0.4) is 0 Å². The Balaban J connectivity index is 2.71. The van der Waals surface area contributed by atoms with E-state index in [4.69, 9.17) is 0 Å². The standard InChI is InChI=1S/C9H12O2/c1-2-3-7-6-8(10)4-5-9(7)11/h6H,2-5H2,1H3. The summed E-state index contributed by atoms with van der Waals surface area (Å²) in [7, 11) is 0. The Morgan fingerprint density at radius 3 is 2.73 bits per heavy atom. The molecule has 60 valence electrons. The van der Waals surface area contributed by atoms with Crippen LogP contribution < -0.4 is 0 Å². The average molecular weight is 152 g/mol. The number of Topliss-reactive ketones (excluding diaryl/α,β-unsaturated/α-hetero) is 1. The highest BCUT2D eigenvalue weighted by atomic mass is 16.1. The van der Waals surface area contributed by atoms with Gasteiger partial charge in [-0.1, -0.05) is 13.3 Å². The topological polar surface area (TPSA) is 34.1 Å². The second-order valence-electron chi connectivity index (χ2n) is 2.81. The summed E-state index contributed by atoms with van der Waals surface area (Å²) in [6, 6.07) is 0. The number of rotatable bonds is 2. The van der Waals surface area contributed by atoms with Crippen molar-refractivity contribution in [3.63, 3.8) is 0 Å². The molecule has 0 saturated heterocycles. The van der Waals surface area contributed by atoms with Crippen LogP contribution in [0.1, 0.15) is 32.6 Å². The van der Waals surface area contributed by atoms with Crippen molar-refractivity contribution in [1.82, 2.24) is 0 Å². The maximum absolute atomic E-state index is 11.1. The summed E-state index contributed by atoms with van der Waals surface area (Å²) in [6.45, 7) is 2.01. The van der Waals surface area contributed by atoms with Crippen LogP contribution in [0.2, 0.25) is 0 Å². The molecule has 1 rings (SSSR count). The molecule has 0 aliphatic heterocycles. The van der Waals surface area contributed by atoms with Crippen LogP contribution in [0.15, 0.2) is 11.6 Å². The molecule has 0 unspecified atom stereocenters. The molecule has 0 spiro atoms. The summed E-state index contributed by atoms with van der Waals surface area (Å²) in [4.78, 5) is 22.0. The van der Waals surface area contributed by atoms with E-state index in [1.165, 1.54) is 6.08 Å². The van der Waals surface area contributed by atoms with Gasteiger partial charge in [-0.05, 0) is 18.1 Å². The largest absolute Gasteiger partial charge is 0.295 e. The van der Waals surface area contributed by atoms with Gasteiger partial charge in [-0.3, -0.25) is 9.59 Å². The van der Waals surface area contributed by atoms with E-state index in [-0.39, 0.29) is 11.6 Å². The van der Waals surface area contributed by atoms with Crippen LogP contribution in [-0.2, 0) is 9.59 Å². The minimum atomic E-state index is 0.105. The third-order valence-corrected chi connectivity index (χ3v) is 1.81. The number of allylic oxidation sites excluding steroid dienone is 2. The molecule has 0 saturated carbocycles. The smallest absolute Gasteiger partial charge is 0.159 e. The van der Waals surface area contributed by atoms with E-state index in [2.05, 4.69) is 0 Å². The minimum Gasteiger partial charge on any atom is -0.295 e. The second kappa shape index (κ2) is 3.46. The zero-order valence-corrected chi connectivity index (χ0v) is 6.72. The van der Waals surface area contributed by atoms with Crippen LogP contribution in [0.25, 0.3) is 0 Å². The Hall–Kier alpha value is -0.920. The molecular formula is C9H12O2. The van der Waals surface area contributed by atoms with Crippen LogP contribution in [0.5, 0.6) is 0 Å². The summed E-state index contributed by atoms with van der Waals surface area (Å²) < 4.78 is 0. The molecule has 0 fully saturated rings. The second-order valence-corrected chi connectivity index (χ2v) is 2.81. The Morgan fingerprint density at radius 2 is 2.09 bits per heavy atom. The number of ketones is 2. The highest BCUT2D eigenvalue weighted by Crippen LogP contribution is 2.15. The first-order valence-corrected chi connectivity index (χ1v) is 4.00. The first-order valence-electron chi connectivity index (χ1n) is 4.00. The molecule has 0 amide bonds. The van der Waals surface area contributed by atoms with Crippen molar-refractivity contribution in [1.29, 1.82) is 0 Å². The zero-order valence-electron chi connectivity index (χ0n) is 6.72. The molecule has 0 aromatic heterocycles. The molecule has 0 N–H and O–H groups in total. The predicted octanol–water partition coefficient (Wildman–Crippen LogP) is 1.64. The normalized spacial score (nSPS) is 18.5. The highest BCUT2D eigenvalue weighted by Gasteiger charge is 2.16. The Bertz CT molecular complexity index is 214. The predicted molar refractivity (Wildman–Crippen MR) is 42.2 cm³/mol. The summed E-state index contributed by atoms with van der Waals surface area (Å²) in [5.41, 5.74) is 0.726. The molecule has 1 aliphatic rings. The van der Waals surface area contributed by atoms with E-state index < -0.39 is 0 Å². The van der Waals surface area contributed by atoms with Crippen molar-refractivity contribution in [2.75, 3.05) is 0 Å². The Kier molecular flexibility index (Phi) is 2.58. The maximum Gasteiger partial charge on any atom is 0.159 e. The van der Waals surface area contributed by atoms with Gasteiger partial charge in [-0.2, -0.15) is 0 Å². The van der Waals surface area contributed by atoms with Gasteiger partial charge >= 0.3 is 0 Å². The van der Waals surface area contributed by atoms with Crippen molar-refractivity contribution in [3.8, 4) is 0 Å². The lowest BCUT2D eigenvalue weighted by molar-refractivity contribution is -0.121. The number of hydrogen-bond acceptors (Lipinski definition) is 2. The molecule has 0 radical (unpaired) electrons. The van der Waals surface area contributed by atoms with Gasteiger partial charge in [0.15, 0.2) is 11.6 Å². The third kappa shape index (κ3) is 2.00. The van der Waals surface area contributed by atoms with Crippen molar-refractivity contribution < 1.29 is 9.59 Å². The van der Waals surface area contributed by atoms with Gasteiger partial charge in [0, 0.05) is 12.8 Å². The van der Waals surface area contributed by atoms with E-state index in [1.807, 2.05) is 6.92 Å². The third-order valence-electron chi connectivity index (χ3n) is 1.81. The average Bonchev–Trinajstić information content (AvgIpc) is 1.98. The molecule has 0 heterocycles. The van der Waals surface area contributed by atoms with Crippen molar-refractivity contribution in [2.24, 2.45) is 0 Å². The van der Waals surface area contributed by atoms with Gasteiger partial charge in [0.25, 0.3) is 0 Å². The minimum absolute atomic E-state index is 0.105. The van der Waals surface area contributed by atoms with Gasteiger partial charge in [0.05, 0.1) is 0 Å². The van der Waals surface area contributed by atoms with E-state index in [9.17, 15) is 9.59 Å². The first kappa shape index (κ1) is 8.18. The molecule has 0 atom stereocenters.